The average Bonchev–Trinajstić information content (AvgIpc) is 2.00. The van der Waals surface area contributed by atoms with Gasteiger partial charge in [0.25, 0.3) is 0 Å². The highest BCUT2D eigenvalue weighted by Crippen LogP contribution is 2.44. The molecule has 0 aromatic heterocycles. The van der Waals surface area contributed by atoms with Crippen LogP contribution in [-0.2, 0) is 4.57 Å². The van der Waals surface area contributed by atoms with Gasteiger partial charge in [0, 0.05) is 12.3 Å². The minimum Gasteiger partial charge on any atom is -0.324 e. The lowest BCUT2D eigenvalue weighted by Crippen LogP contribution is -1.94. The highest BCUT2D eigenvalue weighted by Gasteiger charge is 2.14. The number of hydrogen-bond donors (Lipinski definition) is 0. The Morgan fingerprint density at radius 2 is 2.00 bits per heavy atom. The predicted octanol–water partition coefficient (Wildman–Crippen LogP) is 3.00. The molecule has 0 heterocycles. The topological polar surface area (TPSA) is 17.1 Å². The Morgan fingerprint density at radius 3 is 2.30 bits per heavy atom. The van der Waals surface area contributed by atoms with Crippen LogP contribution in [-0.4, -0.2) is 18.5 Å². The molecule has 0 aliphatic carbocycles. The van der Waals surface area contributed by atoms with Crippen LogP contribution in [0.2, 0.25) is 0 Å². The third-order valence-electron chi connectivity index (χ3n) is 1.90. The molecular formula is C8H18OP. The summed E-state index contributed by atoms with van der Waals surface area (Å²) in [7, 11) is -1.81. The monoisotopic (exact) mass is 161 g/mol. The molecule has 0 aromatic rings. The molecular weight excluding hydrogens is 143 g/mol. The zero-order valence-electron chi connectivity index (χ0n) is 7.10. The molecule has 61 valence electrons. The largest absolute Gasteiger partial charge is 0.324 e. The summed E-state index contributed by atoms with van der Waals surface area (Å²) in [6, 6.07) is 0. The Bertz CT molecular complexity index is 112. The second kappa shape index (κ2) is 4.96. The highest BCUT2D eigenvalue weighted by molar-refractivity contribution is 7.63. The van der Waals surface area contributed by atoms with E-state index < -0.39 is 7.14 Å². The van der Waals surface area contributed by atoms with Gasteiger partial charge in [0.2, 0.25) is 0 Å². The van der Waals surface area contributed by atoms with Gasteiger partial charge in [-0.2, -0.15) is 0 Å². The molecule has 0 spiro atoms. The van der Waals surface area contributed by atoms with Gasteiger partial charge in [-0.1, -0.05) is 20.3 Å². The summed E-state index contributed by atoms with van der Waals surface area (Å²) in [6.07, 6.45) is 4.62. The molecule has 10 heavy (non-hydrogen) atoms. The van der Waals surface area contributed by atoms with Crippen LogP contribution >= 0.6 is 7.14 Å². The normalized spacial score (nSPS) is 11.9. The van der Waals surface area contributed by atoms with Crippen molar-refractivity contribution >= 4 is 7.14 Å². The second-order valence-corrected chi connectivity index (χ2v) is 6.32. The Kier molecular flexibility index (Phi) is 5.07. The summed E-state index contributed by atoms with van der Waals surface area (Å²) in [6.45, 7) is 7.85. The van der Waals surface area contributed by atoms with Gasteiger partial charge >= 0.3 is 0 Å². The summed E-state index contributed by atoms with van der Waals surface area (Å²) in [5.41, 5.74) is 0. The third kappa shape index (κ3) is 3.41. The first-order chi connectivity index (χ1) is 4.68. The Hall–Kier alpha value is 0.230. The molecule has 0 saturated carbocycles. The minimum absolute atomic E-state index is 0.642. The molecule has 2 heteroatoms. The summed E-state index contributed by atoms with van der Waals surface area (Å²) in [5.74, 6) is 0. The standard InChI is InChI=1S/C8H18OP/c1-4-7-8-10(9,5-2)6-3/h2,4-8H2,1,3H3. The smallest absolute Gasteiger partial charge is 0.0875 e. The number of rotatable bonds is 5. The van der Waals surface area contributed by atoms with Crippen LogP contribution < -0.4 is 0 Å². The van der Waals surface area contributed by atoms with Gasteiger partial charge in [-0.3, -0.25) is 0 Å². The summed E-state index contributed by atoms with van der Waals surface area (Å²) in [5, 5.41) is 0. The molecule has 0 N–H and O–H groups in total. The van der Waals surface area contributed by atoms with Gasteiger partial charge < -0.3 is 4.57 Å². The molecule has 0 bridgehead atoms. The van der Waals surface area contributed by atoms with E-state index in [9.17, 15) is 4.57 Å². The zero-order chi connectivity index (χ0) is 8.04. The molecule has 0 saturated heterocycles. The summed E-state index contributed by atoms with van der Waals surface area (Å²) < 4.78 is 11.6. The van der Waals surface area contributed by atoms with Gasteiger partial charge in [0.1, 0.15) is 0 Å². The van der Waals surface area contributed by atoms with E-state index >= 15 is 0 Å². The quantitative estimate of drug-likeness (QED) is 0.566. The van der Waals surface area contributed by atoms with E-state index in [1.54, 1.807) is 0 Å². The first kappa shape index (κ1) is 10.2. The molecule has 1 atom stereocenters. The maximum Gasteiger partial charge on any atom is 0.0875 e. The van der Waals surface area contributed by atoms with E-state index in [1.807, 2.05) is 6.92 Å². The van der Waals surface area contributed by atoms with Crippen molar-refractivity contribution in [2.24, 2.45) is 0 Å². The number of hydrogen-bond acceptors (Lipinski definition) is 1. The van der Waals surface area contributed by atoms with Crippen LogP contribution in [0.25, 0.3) is 0 Å². The lowest BCUT2D eigenvalue weighted by molar-refractivity contribution is 0.575. The molecule has 0 aliphatic rings. The van der Waals surface area contributed by atoms with Gasteiger partial charge in [-0.15, -0.1) is 0 Å². The van der Waals surface area contributed by atoms with E-state index in [0.717, 1.165) is 25.2 Å². The third-order valence-corrected chi connectivity index (χ3v) is 5.00. The van der Waals surface area contributed by atoms with Crippen LogP contribution in [0.5, 0.6) is 0 Å². The lowest BCUT2D eigenvalue weighted by atomic mass is 10.4. The van der Waals surface area contributed by atoms with E-state index in [2.05, 4.69) is 13.8 Å². The van der Waals surface area contributed by atoms with E-state index in [4.69, 9.17) is 0 Å². The van der Waals surface area contributed by atoms with E-state index in [1.165, 1.54) is 0 Å². The fourth-order valence-corrected chi connectivity index (χ4v) is 2.62. The first-order valence-corrected chi connectivity index (χ1v) is 6.31. The average molecular weight is 161 g/mol. The van der Waals surface area contributed by atoms with Crippen molar-refractivity contribution in [2.45, 2.75) is 26.7 Å². The van der Waals surface area contributed by atoms with Crippen molar-refractivity contribution in [3.8, 4) is 0 Å². The minimum atomic E-state index is -1.81. The van der Waals surface area contributed by atoms with Crippen molar-refractivity contribution in [2.75, 3.05) is 18.5 Å². The van der Waals surface area contributed by atoms with Crippen molar-refractivity contribution in [3.05, 3.63) is 6.92 Å². The highest BCUT2D eigenvalue weighted by atomic mass is 31.2. The summed E-state index contributed by atoms with van der Waals surface area (Å²) >= 11 is 0. The first-order valence-electron chi connectivity index (χ1n) is 4.05. The van der Waals surface area contributed by atoms with Crippen LogP contribution in [0.3, 0.4) is 0 Å². The molecule has 0 rings (SSSR count). The van der Waals surface area contributed by atoms with Crippen molar-refractivity contribution in [1.82, 2.24) is 0 Å². The molecule has 0 fully saturated rings. The van der Waals surface area contributed by atoms with Crippen LogP contribution in [0.4, 0.5) is 0 Å². The molecule has 1 radical (unpaired) electrons. The van der Waals surface area contributed by atoms with Crippen molar-refractivity contribution in [3.63, 3.8) is 0 Å². The van der Waals surface area contributed by atoms with Gasteiger partial charge in [-0.25, -0.2) is 0 Å². The molecule has 0 aliphatic heterocycles. The zero-order valence-corrected chi connectivity index (χ0v) is 7.99. The van der Waals surface area contributed by atoms with Crippen LogP contribution in [0, 0.1) is 6.92 Å². The maximum absolute atomic E-state index is 11.6. The molecule has 0 amide bonds. The molecule has 0 aromatic carbocycles. The van der Waals surface area contributed by atoms with Crippen molar-refractivity contribution < 1.29 is 4.57 Å². The lowest BCUT2D eigenvalue weighted by Gasteiger charge is -2.12. The Balaban J connectivity index is 3.70. The van der Waals surface area contributed by atoms with Crippen LogP contribution in [0.15, 0.2) is 0 Å². The predicted molar refractivity (Wildman–Crippen MR) is 48.1 cm³/mol. The van der Waals surface area contributed by atoms with Gasteiger partial charge in [0.05, 0.1) is 7.14 Å². The van der Waals surface area contributed by atoms with Gasteiger partial charge in [0.15, 0.2) is 0 Å². The maximum atomic E-state index is 11.6. The Morgan fingerprint density at radius 1 is 1.40 bits per heavy atom. The van der Waals surface area contributed by atoms with Gasteiger partial charge in [-0.05, 0) is 19.5 Å². The summed E-state index contributed by atoms with van der Waals surface area (Å²) in [4.78, 5) is 0. The molecule has 1 nitrogen and oxygen atoms in total. The SMILES string of the molecule is [CH2]CP(=O)(CC)CCCC. The Labute approximate surface area is 64.6 Å². The van der Waals surface area contributed by atoms with E-state index in [-0.39, 0.29) is 0 Å². The second-order valence-electron chi connectivity index (χ2n) is 2.68. The number of unbranched alkanes of at least 4 members (excludes halogenated alkanes) is 1. The van der Waals surface area contributed by atoms with E-state index in [0.29, 0.717) is 6.16 Å². The fraction of sp³-hybridized carbons (Fsp3) is 0.875. The molecule has 1 unspecified atom stereocenters. The fourth-order valence-electron chi connectivity index (χ4n) is 0.874. The van der Waals surface area contributed by atoms with Crippen LogP contribution in [0.1, 0.15) is 26.7 Å². The van der Waals surface area contributed by atoms with Crippen molar-refractivity contribution in [1.29, 1.82) is 0 Å².